The molecule has 0 aliphatic carbocycles. The molecule has 0 amide bonds. The van der Waals surface area contributed by atoms with Crippen molar-refractivity contribution in [3.05, 3.63) is 27.8 Å². The molecule has 0 bridgehead atoms. The topological polar surface area (TPSA) is 35.8 Å². The van der Waals surface area contributed by atoms with Gasteiger partial charge >= 0.3 is 0 Å². The Morgan fingerprint density at radius 3 is 3.00 bits per heavy atom. The van der Waals surface area contributed by atoms with Gasteiger partial charge in [-0.05, 0) is 47.7 Å². The lowest BCUT2D eigenvalue weighted by Gasteiger charge is -2.07. The monoisotopic (exact) mass is 286 g/mol. The first-order chi connectivity index (χ1) is 6.22. The van der Waals surface area contributed by atoms with Gasteiger partial charge in [0.1, 0.15) is 0 Å². The van der Waals surface area contributed by atoms with Crippen LogP contribution in [0.3, 0.4) is 0 Å². The predicted octanol–water partition coefficient (Wildman–Crippen LogP) is 2.86. The van der Waals surface area contributed by atoms with Crippen molar-refractivity contribution >= 4 is 28.3 Å². The average molecular weight is 286 g/mol. The van der Waals surface area contributed by atoms with Crippen molar-refractivity contribution in [3.63, 3.8) is 0 Å². The van der Waals surface area contributed by atoms with Crippen LogP contribution in [0.5, 0.6) is 0 Å². The van der Waals surface area contributed by atoms with Gasteiger partial charge in [-0.25, -0.2) is 0 Å². The lowest BCUT2D eigenvalue weighted by molar-refractivity contribution is 0.786. The Balaban J connectivity index is 2.51. The minimum atomic E-state index is 0.0536. The van der Waals surface area contributed by atoms with Crippen molar-refractivity contribution in [2.75, 3.05) is 11.9 Å². The largest absolute Gasteiger partial charge is 0.384 e. The van der Waals surface area contributed by atoms with Crippen LogP contribution in [0, 0.1) is 20.8 Å². The maximum atomic E-state index is 8.58. The zero-order valence-corrected chi connectivity index (χ0v) is 9.58. The lowest BCUT2D eigenvalue weighted by atomic mass is 10.2. The normalized spacial score (nSPS) is 11.8. The first-order valence-electron chi connectivity index (χ1n) is 4.11. The molecule has 0 saturated carbocycles. The highest BCUT2D eigenvalue weighted by Gasteiger charge is 1.98. The molecule has 0 aliphatic rings. The van der Waals surface area contributed by atoms with Gasteiger partial charge in [-0.1, -0.05) is 6.07 Å². The first kappa shape index (κ1) is 10.3. The molecular weight excluding hydrogens is 275 g/mol. The molecule has 0 radical (unpaired) electrons. The Kier molecular flexibility index (Phi) is 4.03. The quantitative estimate of drug-likeness (QED) is 0.867. The van der Waals surface area contributed by atoms with Gasteiger partial charge in [0.05, 0.1) is 12.0 Å². The minimum Gasteiger partial charge on any atom is -0.384 e. The number of hydrogen-bond acceptors (Lipinski definition) is 2. The summed E-state index contributed by atoms with van der Waals surface area (Å²) < 4.78 is 1.20. The van der Waals surface area contributed by atoms with E-state index in [0.717, 1.165) is 5.69 Å². The van der Waals surface area contributed by atoms with Crippen LogP contribution in [0.25, 0.3) is 0 Å². The Labute approximate surface area is 92.1 Å². The molecule has 0 saturated heterocycles. The lowest BCUT2D eigenvalue weighted by Crippen LogP contribution is -2.09. The smallest absolute Gasteiger partial charge is 0.0671 e. The van der Waals surface area contributed by atoms with Crippen LogP contribution in [0.4, 0.5) is 5.69 Å². The summed E-state index contributed by atoms with van der Waals surface area (Å²) >= 11 is 2.27. The van der Waals surface area contributed by atoms with Gasteiger partial charge in [0.2, 0.25) is 0 Å². The van der Waals surface area contributed by atoms with Crippen LogP contribution in [-0.4, -0.2) is 6.54 Å². The molecule has 1 rings (SSSR count). The summed E-state index contributed by atoms with van der Waals surface area (Å²) in [5.74, 6) is 0.0536. The summed E-state index contributed by atoms with van der Waals surface area (Å²) in [5, 5.41) is 11.8. The van der Waals surface area contributed by atoms with Crippen LogP contribution in [0.15, 0.2) is 24.3 Å². The van der Waals surface area contributed by atoms with Crippen molar-refractivity contribution in [1.82, 2.24) is 0 Å². The van der Waals surface area contributed by atoms with E-state index in [1.165, 1.54) is 3.57 Å². The Morgan fingerprint density at radius 1 is 1.62 bits per heavy atom. The third-order valence-corrected chi connectivity index (χ3v) is 2.33. The molecule has 0 fully saturated rings. The third-order valence-electron chi connectivity index (χ3n) is 1.66. The second kappa shape index (κ2) is 5.07. The number of halogens is 1. The van der Waals surface area contributed by atoms with E-state index in [1.54, 1.807) is 0 Å². The second-order valence-electron chi connectivity index (χ2n) is 2.92. The number of rotatable bonds is 3. The molecule has 2 nitrogen and oxygen atoms in total. The van der Waals surface area contributed by atoms with Crippen LogP contribution in [0.1, 0.15) is 6.92 Å². The van der Waals surface area contributed by atoms with Crippen LogP contribution in [0.2, 0.25) is 0 Å². The van der Waals surface area contributed by atoms with Crippen LogP contribution in [-0.2, 0) is 0 Å². The predicted molar refractivity (Wildman–Crippen MR) is 62.4 cm³/mol. The second-order valence-corrected chi connectivity index (χ2v) is 4.17. The van der Waals surface area contributed by atoms with Gasteiger partial charge in [-0.3, -0.25) is 0 Å². The summed E-state index contributed by atoms with van der Waals surface area (Å²) in [6, 6.07) is 10.3. The zero-order valence-electron chi connectivity index (χ0n) is 7.42. The molecule has 1 aromatic rings. The molecular formula is C10H11IN2. The van der Waals surface area contributed by atoms with E-state index in [-0.39, 0.29) is 5.92 Å². The average Bonchev–Trinajstić information content (AvgIpc) is 2.14. The Bertz CT molecular complexity index is 317. The Morgan fingerprint density at radius 2 is 2.38 bits per heavy atom. The van der Waals surface area contributed by atoms with E-state index in [0.29, 0.717) is 6.54 Å². The summed E-state index contributed by atoms with van der Waals surface area (Å²) in [5.41, 5.74) is 1.08. The number of nitrogens with zero attached hydrogens (tertiary/aromatic N) is 1. The van der Waals surface area contributed by atoms with Crippen molar-refractivity contribution in [2.24, 2.45) is 5.92 Å². The number of hydrogen-bond donors (Lipinski definition) is 1. The summed E-state index contributed by atoms with van der Waals surface area (Å²) in [7, 11) is 0. The SMILES string of the molecule is CC(C#N)CNc1cccc(I)c1. The zero-order chi connectivity index (χ0) is 9.68. The fourth-order valence-electron chi connectivity index (χ4n) is 0.915. The highest BCUT2D eigenvalue weighted by atomic mass is 127. The number of nitrogens with one attached hydrogen (secondary N) is 1. The highest BCUT2D eigenvalue weighted by Crippen LogP contribution is 2.12. The standard InChI is InChI=1S/C10H11IN2/c1-8(6-12)7-13-10-4-2-3-9(11)5-10/h2-5,8,13H,7H2,1H3. The van der Waals surface area contributed by atoms with Gasteiger partial charge < -0.3 is 5.32 Å². The van der Waals surface area contributed by atoms with Gasteiger partial charge in [0.25, 0.3) is 0 Å². The fraction of sp³-hybridized carbons (Fsp3) is 0.300. The minimum absolute atomic E-state index is 0.0536. The summed E-state index contributed by atoms with van der Waals surface area (Å²) in [4.78, 5) is 0. The molecule has 0 heterocycles. The van der Waals surface area contributed by atoms with Gasteiger partial charge in [-0.15, -0.1) is 0 Å². The van der Waals surface area contributed by atoms with E-state index in [9.17, 15) is 0 Å². The van der Waals surface area contributed by atoms with E-state index in [1.807, 2.05) is 25.1 Å². The summed E-state index contributed by atoms with van der Waals surface area (Å²) in [6.45, 7) is 2.61. The van der Waals surface area contributed by atoms with E-state index in [4.69, 9.17) is 5.26 Å². The Hall–Kier alpha value is -0.760. The number of benzene rings is 1. The van der Waals surface area contributed by atoms with Crippen molar-refractivity contribution < 1.29 is 0 Å². The molecule has 13 heavy (non-hydrogen) atoms. The molecule has 1 aromatic carbocycles. The highest BCUT2D eigenvalue weighted by molar-refractivity contribution is 14.1. The molecule has 0 aromatic heterocycles. The van der Waals surface area contributed by atoms with E-state index < -0.39 is 0 Å². The molecule has 3 heteroatoms. The fourth-order valence-corrected chi connectivity index (χ4v) is 1.46. The third kappa shape index (κ3) is 3.64. The van der Waals surface area contributed by atoms with Gasteiger partial charge in [0, 0.05) is 15.8 Å². The van der Waals surface area contributed by atoms with Crippen LogP contribution >= 0.6 is 22.6 Å². The number of nitriles is 1. The molecule has 1 N–H and O–H groups in total. The first-order valence-corrected chi connectivity index (χ1v) is 5.19. The molecule has 68 valence electrons. The van der Waals surface area contributed by atoms with E-state index in [2.05, 4.69) is 40.0 Å². The van der Waals surface area contributed by atoms with Crippen LogP contribution < -0.4 is 5.32 Å². The van der Waals surface area contributed by atoms with Gasteiger partial charge in [0.15, 0.2) is 0 Å². The van der Waals surface area contributed by atoms with Crippen molar-refractivity contribution in [1.29, 1.82) is 5.26 Å². The number of anilines is 1. The molecule has 1 unspecified atom stereocenters. The maximum Gasteiger partial charge on any atom is 0.0671 e. The molecule has 0 spiro atoms. The van der Waals surface area contributed by atoms with Crippen molar-refractivity contribution in [3.8, 4) is 6.07 Å². The maximum absolute atomic E-state index is 8.58. The van der Waals surface area contributed by atoms with Crippen molar-refractivity contribution in [2.45, 2.75) is 6.92 Å². The molecule has 1 atom stereocenters. The summed E-state index contributed by atoms with van der Waals surface area (Å²) in [6.07, 6.45) is 0. The van der Waals surface area contributed by atoms with Gasteiger partial charge in [-0.2, -0.15) is 5.26 Å². The van der Waals surface area contributed by atoms with E-state index >= 15 is 0 Å². The molecule has 0 aliphatic heterocycles.